The molecule has 25 heavy (non-hydrogen) atoms. The van der Waals surface area contributed by atoms with E-state index in [2.05, 4.69) is 10.3 Å². The quantitative estimate of drug-likeness (QED) is 0.752. The normalized spacial score (nSPS) is 13.0. The summed E-state index contributed by atoms with van der Waals surface area (Å²) in [6.07, 6.45) is 1.95. The number of hydrogen-bond acceptors (Lipinski definition) is 3. The van der Waals surface area contributed by atoms with E-state index in [1.165, 1.54) is 12.1 Å². The third-order valence-electron chi connectivity index (χ3n) is 3.89. The van der Waals surface area contributed by atoms with Crippen LogP contribution >= 0.6 is 0 Å². The summed E-state index contributed by atoms with van der Waals surface area (Å²) in [4.78, 5) is 16.5. The monoisotopic (exact) mass is 336 g/mol. The van der Waals surface area contributed by atoms with Crippen molar-refractivity contribution in [2.45, 2.75) is 12.1 Å². The fraction of sp³-hybridized carbons (Fsp3) is 0.100. The molecule has 3 aromatic rings. The van der Waals surface area contributed by atoms with Gasteiger partial charge in [0.1, 0.15) is 5.82 Å². The Kier molecular flexibility index (Phi) is 5.16. The maximum absolute atomic E-state index is 13.2. The van der Waals surface area contributed by atoms with Gasteiger partial charge < -0.3 is 10.4 Å². The summed E-state index contributed by atoms with van der Waals surface area (Å²) in [7, 11) is 0. The van der Waals surface area contributed by atoms with Crippen LogP contribution in [0, 0.1) is 5.82 Å². The van der Waals surface area contributed by atoms with E-state index >= 15 is 0 Å². The molecule has 0 bridgehead atoms. The molecule has 0 aliphatic rings. The number of halogens is 1. The third kappa shape index (κ3) is 4.08. The van der Waals surface area contributed by atoms with Gasteiger partial charge >= 0.3 is 0 Å². The molecule has 2 aromatic carbocycles. The highest BCUT2D eigenvalue weighted by Gasteiger charge is 2.22. The van der Waals surface area contributed by atoms with Crippen LogP contribution in [0.5, 0.6) is 0 Å². The van der Waals surface area contributed by atoms with Gasteiger partial charge in [0.05, 0.1) is 6.04 Å². The number of nitrogens with one attached hydrogen (secondary N) is 1. The zero-order chi connectivity index (χ0) is 17.6. The van der Waals surface area contributed by atoms with Crippen LogP contribution in [0.3, 0.4) is 0 Å². The van der Waals surface area contributed by atoms with Crippen LogP contribution in [0.15, 0.2) is 79.1 Å². The second kappa shape index (κ2) is 7.68. The highest BCUT2D eigenvalue weighted by molar-refractivity contribution is 5.82. The van der Waals surface area contributed by atoms with Crippen LogP contribution in [0.2, 0.25) is 0 Å². The zero-order valence-electron chi connectivity index (χ0n) is 13.3. The summed E-state index contributed by atoms with van der Waals surface area (Å²) >= 11 is 0. The maximum atomic E-state index is 13.2. The molecule has 2 atom stereocenters. The molecular formula is C20H17FN2O2. The van der Waals surface area contributed by atoms with E-state index in [-0.39, 0.29) is 5.82 Å². The minimum atomic E-state index is -1.29. The molecule has 2 unspecified atom stereocenters. The van der Waals surface area contributed by atoms with Gasteiger partial charge in [-0.15, -0.1) is 0 Å². The fourth-order valence-corrected chi connectivity index (χ4v) is 2.58. The van der Waals surface area contributed by atoms with Gasteiger partial charge in [-0.1, -0.05) is 42.5 Å². The van der Waals surface area contributed by atoms with Crippen molar-refractivity contribution >= 4 is 5.91 Å². The number of carbonyl (C=O) groups is 1. The van der Waals surface area contributed by atoms with Gasteiger partial charge in [-0.3, -0.25) is 9.78 Å². The summed E-state index contributed by atoms with van der Waals surface area (Å²) in [5, 5.41) is 13.1. The highest BCUT2D eigenvalue weighted by Crippen LogP contribution is 2.23. The number of benzene rings is 2. The Morgan fingerprint density at radius 3 is 2.12 bits per heavy atom. The first-order valence-corrected chi connectivity index (χ1v) is 7.84. The Hall–Kier alpha value is -3.05. The van der Waals surface area contributed by atoms with E-state index in [9.17, 15) is 14.3 Å². The minimum Gasteiger partial charge on any atom is -0.378 e. The van der Waals surface area contributed by atoms with Crippen LogP contribution in [0.4, 0.5) is 4.39 Å². The molecule has 0 saturated heterocycles. The molecule has 3 rings (SSSR count). The van der Waals surface area contributed by atoms with Crippen molar-refractivity contribution < 1.29 is 14.3 Å². The Balaban J connectivity index is 1.87. The lowest BCUT2D eigenvalue weighted by Gasteiger charge is -2.21. The number of rotatable bonds is 5. The van der Waals surface area contributed by atoms with Crippen LogP contribution in [-0.4, -0.2) is 16.0 Å². The molecule has 5 heteroatoms. The molecule has 4 nitrogen and oxygen atoms in total. The number of aromatic nitrogens is 1. The summed E-state index contributed by atoms with van der Waals surface area (Å²) in [5.74, 6) is -0.884. The Morgan fingerprint density at radius 1 is 0.880 bits per heavy atom. The smallest absolute Gasteiger partial charge is 0.254 e. The topological polar surface area (TPSA) is 62.2 Å². The van der Waals surface area contributed by atoms with Gasteiger partial charge in [-0.2, -0.15) is 0 Å². The van der Waals surface area contributed by atoms with E-state index in [4.69, 9.17) is 0 Å². The average molecular weight is 336 g/mol. The first-order chi connectivity index (χ1) is 12.1. The van der Waals surface area contributed by atoms with Gasteiger partial charge in [0.25, 0.3) is 5.91 Å². The van der Waals surface area contributed by atoms with Gasteiger partial charge in [-0.05, 0) is 41.0 Å². The number of aliphatic hydroxyl groups excluding tert-OH is 1. The fourth-order valence-electron chi connectivity index (χ4n) is 2.58. The summed E-state index contributed by atoms with van der Waals surface area (Å²) in [5.41, 5.74) is 2.00. The Labute approximate surface area is 145 Å². The van der Waals surface area contributed by atoms with Gasteiger partial charge in [0.15, 0.2) is 6.10 Å². The van der Waals surface area contributed by atoms with Crippen molar-refractivity contribution in [2.75, 3.05) is 0 Å². The lowest BCUT2D eigenvalue weighted by Crippen LogP contribution is -2.33. The molecule has 1 aromatic heterocycles. The highest BCUT2D eigenvalue weighted by atomic mass is 19.1. The molecule has 1 amide bonds. The summed E-state index contributed by atoms with van der Waals surface area (Å²) < 4.78 is 13.2. The van der Waals surface area contributed by atoms with Gasteiger partial charge in [0.2, 0.25) is 0 Å². The number of pyridine rings is 1. The molecule has 0 aliphatic carbocycles. The van der Waals surface area contributed by atoms with Crippen molar-refractivity contribution in [3.8, 4) is 0 Å². The van der Waals surface area contributed by atoms with Crippen LogP contribution in [0.25, 0.3) is 0 Å². The predicted octanol–water partition coefficient (Wildman–Crippen LogP) is 3.16. The summed E-state index contributed by atoms with van der Waals surface area (Å²) in [6.45, 7) is 0. The number of nitrogens with zero attached hydrogens (tertiary/aromatic N) is 1. The second-order valence-corrected chi connectivity index (χ2v) is 5.59. The maximum Gasteiger partial charge on any atom is 0.254 e. The average Bonchev–Trinajstić information content (AvgIpc) is 2.67. The SMILES string of the molecule is O=C(NC(c1ccncc1)c1ccc(F)cc1)C(O)c1ccccc1. The van der Waals surface area contributed by atoms with Crippen molar-refractivity contribution in [2.24, 2.45) is 0 Å². The van der Waals surface area contributed by atoms with E-state index in [1.807, 2.05) is 6.07 Å². The number of aliphatic hydroxyl groups is 1. The second-order valence-electron chi connectivity index (χ2n) is 5.59. The first-order valence-electron chi connectivity index (χ1n) is 7.84. The van der Waals surface area contributed by atoms with Gasteiger partial charge in [0, 0.05) is 12.4 Å². The van der Waals surface area contributed by atoms with Crippen LogP contribution in [0.1, 0.15) is 28.8 Å². The van der Waals surface area contributed by atoms with Crippen molar-refractivity contribution in [3.05, 3.63) is 102 Å². The molecular weight excluding hydrogens is 319 g/mol. The lowest BCUT2D eigenvalue weighted by molar-refractivity contribution is -0.130. The van der Waals surface area contributed by atoms with Crippen LogP contribution in [-0.2, 0) is 4.79 Å². The van der Waals surface area contributed by atoms with E-state index in [0.717, 1.165) is 5.56 Å². The first kappa shape index (κ1) is 16.8. The summed E-state index contributed by atoms with van der Waals surface area (Å²) in [6, 6.07) is 17.6. The molecule has 0 fully saturated rings. The largest absolute Gasteiger partial charge is 0.378 e. The number of carbonyl (C=O) groups excluding carboxylic acids is 1. The van der Waals surface area contributed by atoms with E-state index in [1.54, 1.807) is 60.9 Å². The molecule has 0 spiro atoms. The molecule has 2 N–H and O–H groups in total. The van der Waals surface area contributed by atoms with Crippen molar-refractivity contribution in [1.82, 2.24) is 10.3 Å². The molecule has 0 radical (unpaired) electrons. The molecule has 126 valence electrons. The Morgan fingerprint density at radius 2 is 1.48 bits per heavy atom. The molecule has 0 saturated carbocycles. The molecule has 0 aliphatic heterocycles. The van der Waals surface area contributed by atoms with Crippen molar-refractivity contribution in [3.63, 3.8) is 0 Å². The predicted molar refractivity (Wildman–Crippen MR) is 92.0 cm³/mol. The van der Waals surface area contributed by atoms with E-state index in [0.29, 0.717) is 11.1 Å². The molecule has 1 heterocycles. The lowest BCUT2D eigenvalue weighted by atomic mass is 9.98. The Bertz CT molecular complexity index is 823. The zero-order valence-corrected chi connectivity index (χ0v) is 13.3. The third-order valence-corrected chi connectivity index (χ3v) is 3.89. The van der Waals surface area contributed by atoms with E-state index < -0.39 is 18.1 Å². The van der Waals surface area contributed by atoms with Crippen molar-refractivity contribution in [1.29, 1.82) is 0 Å². The standard InChI is InChI=1S/C20H17FN2O2/c21-17-8-6-14(7-9-17)18(15-10-12-22-13-11-15)23-20(25)19(24)16-4-2-1-3-5-16/h1-13,18-19,24H,(H,23,25). The minimum absolute atomic E-state index is 0.354. The van der Waals surface area contributed by atoms with Gasteiger partial charge in [-0.25, -0.2) is 4.39 Å². The van der Waals surface area contributed by atoms with Crippen LogP contribution < -0.4 is 5.32 Å². The number of hydrogen-bond donors (Lipinski definition) is 2. The number of amides is 1.